The highest BCUT2D eigenvalue weighted by Gasteiger charge is 2.13. The lowest BCUT2D eigenvalue weighted by Gasteiger charge is -2.26. The number of ether oxygens (including phenoxy) is 1. The van der Waals surface area contributed by atoms with Gasteiger partial charge in [-0.3, -0.25) is 9.69 Å². The SMILES string of the molecule is O=C(NCc1ccc(CN2CCOCC2)cc1)c1csc(-c2ccsc2)n1. The zero-order chi connectivity index (χ0) is 18.5. The van der Waals surface area contributed by atoms with Crippen LogP contribution in [0.1, 0.15) is 21.6 Å². The second-order valence-electron chi connectivity index (χ2n) is 6.44. The Labute approximate surface area is 166 Å². The molecule has 1 fully saturated rings. The number of nitrogens with one attached hydrogen (secondary N) is 1. The van der Waals surface area contributed by atoms with E-state index in [4.69, 9.17) is 4.74 Å². The molecule has 1 saturated heterocycles. The third kappa shape index (κ3) is 4.81. The van der Waals surface area contributed by atoms with E-state index < -0.39 is 0 Å². The first-order valence-corrected chi connectivity index (χ1v) is 10.7. The molecule has 2 aromatic heterocycles. The van der Waals surface area contributed by atoms with E-state index in [1.54, 1.807) is 11.3 Å². The Morgan fingerprint density at radius 2 is 1.89 bits per heavy atom. The highest BCUT2D eigenvalue weighted by Crippen LogP contribution is 2.25. The van der Waals surface area contributed by atoms with Gasteiger partial charge in [0.2, 0.25) is 0 Å². The van der Waals surface area contributed by atoms with Crippen LogP contribution in [-0.4, -0.2) is 42.1 Å². The summed E-state index contributed by atoms with van der Waals surface area (Å²) >= 11 is 3.13. The van der Waals surface area contributed by atoms with E-state index in [1.807, 2.05) is 22.2 Å². The second kappa shape index (κ2) is 8.75. The Morgan fingerprint density at radius 3 is 2.63 bits per heavy atom. The van der Waals surface area contributed by atoms with Crippen molar-refractivity contribution >= 4 is 28.6 Å². The molecule has 0 bridgehead atoms. The van der Waals surface area contributed by atoms with Gasteiger partial charge in [0.05, 0.1) is 13.2 Å². The fraction of sp³-hybridized carbons (Fsp3) is 0.300. The zero-order valence-corrected chi connectivity index (χ0v) is 16.5. The molecule has 1 aromatic carbocycles. The number of amides is 1. The number of thiazole rings is 1. The van der Waals surface area contributed by atoms with E-state index in [0.29, 0.717) is 12.2 Å². The average molecular weight is 400 g/mol. The van der Waals surface area contributed by atoms with Crippen LogP contribution in [0.2, 0.25) is 0 Å². The summed E-state index contributed by atoms with van der Waals surface area (Å²) in [5.74, 6) is -0.134. The van der Waals surface area contributed by atoms with Crippen molar-refractivity contribution < 1.29 is 9.53 Å². The van der Waals surface area contributed by atoms with Crippen LogP contribution < -0.4 is 5.32 Å². The Balaban J connectivity index is 1.30. The minimum Gasteiger partial charge on any atom is -0.379 e. The van der Waals surface area contributed by atoms with Crippen molar-refractivity contribution in [1.29, 1.82) is 0 Å². The number of hydrogen-bond acceptors (Lipinski definition) is 6. The second-order valence-corrected chi connectivity index (χ2v) is 8.08. The maximum atomic E-state index is 12.3. The molecule has 27 heavy (non-hydrogen) atoms. The summed E-state index contributed by atoms with van der Waals surface area (Å²) in [6.45, 7) is 5.05. The normalized spacial score (nSPS) is 15.0. The number of rotatable bonds is 6. The summed E-state index contributed by atoms with van der Waals surface area (Å²) in [6, 6.07) is 10.4. The van der Waals surface area contributed by atoms with Crippen molar-refractivity contribution in [2.24, 2.45) is 0 Å². The molecule has 1 aliphatic rings. The minimum absolute atomic E-state index is 0.134. The molecular weight excluding hydrogens is 378 g/mol. The number of carbonyl (C=O) groups excluding carboxylic acids is 1. The van der Waals surface area contributed by atoms with Gasteiger partial charge in [-0.15, -0.1) is 11.3 Å². The van der Waals surface area contributed by atoms with Gasteiger partial charge >= 0.3 is 0 Å². The average Bonchev–Trinajstić information content (AvgIpc) is 3.40. The summed E-state index contributed by atoms with van der Waals surface area (Å²) in [7, 11) is 0. The van der Waals surface area contributed by atoms with E-state index >= 15 is 0 Å². The first kappa shape index (κ1) is 18.3. The molecule has 1 N–H and O–H groups in total. The number of hydrogen-bond donors (Lipinski definition) is 1. The summed E-state index contributed by atoms with van der Waals surface area (Å²) in [5, 5.41) is 9.71. The standard InChI is InChI=1S/C20H21N3O2S2/c24-19(18-14-27-20(22-18)17-5-10-26-13-17)21-11-15-1-3-16(4-2-15)12-23-6-8-25-9-7-23/h1-5,10,13-14H,6-9,11-12H2,(H,21,24). The Hall–Kier alpha value is -2.06. The van der Waals surface area contributed by atoms with E-state index in [2.05, 4.69) is 39.5 Å². The van der Waals surface area contributed by atoms with Crippen LogP contribution in [0.3, 0.4) is 0 Å². The van der Waals surface area contributed by atoms with Crippen molar-refractivity contribution in [1.82, 2.24) is 15.2 Å². The smallest absolute Gasteiger partial charge is 0.271 e. The lowest BCUT2D eigenvalue weighted by molar-refractivity contribution is 0.0342. The molecule has 140 valence electrons. The first-order chi connectivity index (χ1) is 13.3. The summed E-state index contributed by atoms with van der Waals surface area (Å²) in [6.07, 6.45) is 0. The van der Waals surface area contributed by atoms with E-state index in [1.165, 1.54) is 16.9 Å². The van der Waals surface area contributed by atoms with Gasteiger partial charge in [-0.1, -0.05) is 24.3 Å². The van der Waals surface area contributed by atoms with Crippen molar-refractivity contribution in [3.05, 3.63) is 63.3 Å². The largest absolute Gasteiger partial charge is 0.379 e. The predicted molar refractivity (Wildman–Crippen MR) is 109 cm³/mol. The van der Waals surface area contributed by atoms with Gasteiger partial charge in [0.1, 0.15) is 10.7 Å². The van der Waals surface area contributed by atoms with E-state index in [-0.39, 0.29) is 5.91 Å². The lowest BCUT2D eigenvalue weighted by atomic mass is 10.1. The maximum absolute atomic E-state index is 12.3. The molecule has 3 heterocycles. The predicted octanol–water partition coefficient (Wildman–Crippen LogP) is 3.63. The van der Waals surface area contributed by atoms with E-state index in [0.717, 1.165) is 49.0 Å². The fourth-order valence-corrected chi connectivity index (χ4v) is 4.46. The number of thiophene rings is 1. The van der Waals surface area contributed by atoms with Crippen LogP contribution >= 0.6 is 22.7 Å². The Bertz CT molecular complexity index is 869. The molecule has 3 aromatic rings. The van der Waals surface area contributed by atoms with E-state index in [9.17, 15) is 4.79 Å². The highest BCUT2D eigenvalue weighted by atomic mass is 32.1. The first-order valence-electron chi connectivity index (χ1n) is 8.92. The molecular formula is C20H21N3O2S2. The maximum Gasteiger partial charge on any atom is 0.271 e. The number of carbonyl (C=O) groups is 1. The van der Waals surface area contributed by atoms with Crippen molar-refractivity contribution in [2.45, 2.75) is 13.1 Å². The van der Waals surface area contributed by atoms with Gasteiger partial charge in [0.15, 0.2) is 0 Å². The van der Waals surface area contributed by atoms with Crippen LogP contribution in [0, 0.1) is 0 Å². The molecule has 4 rings (SSSR count). The lowest BCUT2D eigenvalue weighted by Crippen LogP contribution is -2.35. The fourth-order valence-electron chi connectivity index (χ4n) is 2.95. The Kier molecular flexibility index (Phi) is 5.94. The van der Waals surface area contributed by atoms with Crippen LogP contribution in [0.25, 0.3) is 10.6 Å². The van der Waals surface area contributed by atoms with Gasteiger partial charge in [-0.2, -0.15) is 11.3 Å². The van der Waals surface area contributed by atoms with Crippen molar-refractivity contribution in [3.63, 3.8) is 0 Å². The molecule has 0 atom stereocenters. The monoisotopic (exact) mass is 399 g/mol. The van der Waals surface area contributed by atoms with Gasteiger partial charge in [0.25, 0.3) is 5.91 Å². The molecule has 1 amide bonds. The number of aromatic nitrogens is 1. The number of morpholine rings is 1. The third-order valence-corrected chi connectivity index (χ3v) is 6.07. The quantitative estimate of drug-likeness (QED) is 0.688. The van der Waals surface area contributed by atoms with Gasteiger partial charge in [-0.25, -0.2) is 4.98 Å². The van der Waals surface area contributed by atoms with Crippen molar-refractivity contribution in [3.8, 4) is 10.6 Å². The summed E-state index contributed by atoms with van der Waals surface area (Å²) in [5.41, 5.74) is 3.92. The molecule has 1 aliphatic heterocycles. The molecule has 0 spiro atoms. The molecule has 5 nitrogen and oxygen atoms in total. The van der Waals surface area contributed by atoms with Gasteiger partial charge in [-0.05, 0) is 22.6 Å². The van der Waals surface area contributed by atoms with Crippen LogP contribution in [0.4, 0.5) is 0 Å². The molecule has 0 unspecified atom stereocenters. The minimum atomic E-state index is -0.134. The zero-order valence-electron chi connectivity index (χ0n) is 14.9. The summed E-state index contributed by atoms with van der Waals surface area (Å²) in [4.78, 5) is 19.2. The van der Waals surface area contributed by atoms with Crippen LogP contribution in [0.15, 0.2) is 46.5 Å². The highest BCUT2D eigenvalue weighted by molar-refractivity contribution is 7.14. The molecule has 0 saturated carbocycles. The van der Waals surface area contributed by atoms with Crippen LogP contribution in [-0.2, 0) is 17.8 Å². The number of benzene rings is 1. The molecule has 0 radical (unpaired) electrons. The van der Waals surface area contributed by atoms with Crippen LogP contribution in [0.5, 0.6) is 0 Å². The summed E-state index contributed by atoms with van der Waals surface area (Å²) < 4.78 is 5.38. The van der Waals surface area contributed by atoms with Gasteiger partial charge in [0, 0.05) is 42.5 Å². The molecule has 7 heteroatoms. The third-order valence-electron chi connectivity index (χ3n) is 4.49. The van der Waals surface area contributed by atoms with Gasteiger partial charge < -0.3 is 10.1 Å². The van der Waals surface area contributed by atoms with Crippen molar-refractivity contribution in [2.75, 3.05) is 26.3 Å². The topological polar surface area (TPSA) is 54.5 Å². The Morgan fingerprint density at radius 1 is 1.11 bits per heavy atom. The molecule has 0 aliphatic carbocycles. The number of nitrogens with zero attached hydrogens (tertiary/aromatic N) is 2.